The molecule has 0 fully saturated rings. The predicted molar refractivity (Wildman–Crippen MR) is 93.8 cm³/mol. The zero-order valence-corrected chi connectivity index (χ0v) is 14.0. The fraction of sp³-hybridized carbons (Fsp3) is 0.158. The average molecular weight is 339 g/mol. The van der Waals surface area contributed by atoms with Gasteiger partial charge < -0.3 is 10.1 Å². The summed E-state index contributed by atoms with van der Waals surface area (Å²) in [6, 6.07) is 13.2. The zero-order valence-electron chi connectivity index (χ0n) is 14.0. The molecule has 3 aromatic rings. The summed E-state index contributed by atoms with van der Waals surface area (Å²) in [4.78, 5) is 12.7. The third kappa shape index (κ3) is 3.38. The van der Waals surface area contributed by atoms with Gasteiger partial charge in [-0.3, -0.25) is 4.79 Å². The highest BCUT2D eigenvalue weighted by atomic mass is 19.1. The maximum atomic E-state index is 13.1. The number of benzene rings is 2. The molecule has 0 aliphatic rings. The summed E-state index contributed by atoms with van der Waals surface area (Å²) in [6.45, 7) is 1.94. The van der Waals surface area contributed by atoms with Gasteiger partial charge in [-0.05, 0) is 42.8 Å². The van der Waals surface area contributed by atoms with Crippen LogP contribution in [0.25, 0.3) is 5.69 Å². The van der Waals surface area contributed by atoms with Gasteiger partial charge >= 0.3 is 0 Å². The lowest BCUT2D eigenvalue weighted by Gasteiger charge is -2.11. The maximum Gasteiger partial charge on any atom is 0.259 e. The number of amides is 1. The quantitative estimate of drug-likeness (QED) is 0.768. The number of aromatic nitrogens is 2. The Morgan fingerprint density at radius 1 is 1.20 bits per heavy atom. The Morgan fingerprint density at radius 3 is 2.60 bits per heavy atom. The number of carbonyl (C=O) groups excluding carboxylic acids is 1. The molecular formula is C19H18FN3O2. The van der Waals surface area contributed by atoms with E-state index in [0.717, 1.165) is 5.69 Å². The number of anilines is 1. The van der Waals surface area contributed by atoms with E-state index in [0.29, 0.717) is 29.1 Å². The van der Waals surface area contributed by atoms with Gasteiger partial charge in [-0.2, -0.15) is 5.10 Å². The topological polar surface area (TPSA) is 56.1 Å². The number of nitrogens with zero attached hydrogens (tertiary/aromatic N) is 2. The number of methoxy groups -OCH3 is 1. The van der Waals surface area contributed by atoms with Crippen molar-refractivity contribution in [2.45, 2.75) is 13.3 Å². The minimum absolute atomic E-state index is 0.269. The summed E-state index contributed by atoms with van der Waals surface area (Å²) in [5.74, 6) is -0.00219. The van der Waals surface area contributed by atoms with Crippen molar-refractivity contribution in [3.05, 3.63) is 71.8 Å². The first-order valence-corrected chi connectivity index (χ1v) is 7.91. The molecule has 2 aromatic carbocycles. The highest BCUT2D eigenvalue weighted by Crippen LogP contribution is 2.24. The molecule has 1 N–H and O–H groups in total. The number of para-hydroxylation sites is 2. The number of carbonyl (C=O) groups is 1. The van der Waals surface area contributed by atoms with E-state index in [9.17, 15) is 9.18 Å². The van der Waals surface area contributed by atoms with Crippen molar-refractivity contribution < 1.29 is 13.9 Å². The van der Waals surface area contributed by atoms with Gasteiger partial charge in [-0.25, -0.2) is 9.07 Å². The lowest BCUT2D eigenvalue weighted by molar-refractivity contribution is 0.102. The van der Waals surface area contributed by atoms with Crippen molar-refractivity contribution in [2.24, 2.45) is 0 Å². The Bertz CT molecular complexity index is 888. The first-order chi connectivity index (χ1) is 12.1. The normalized spacial score (nSPS) is 10.5. The Labute approximate surface area is 145 Å². The standard InChI is InChI=1S/C19H18FN3O2/c1-3-17-15(12-21-23(17)14-10-8-13(20)9-11-14)19(24)22-16-6-4-5-7-18(16)25-2/h4-12H,3H2,1-2H3,(H,22,24). The molecule has 25 heavy (non-hydrogen) atoms. The van der Waals surface area contributed by atoms with E-state index in [1.54, 1.807) is 36.1 Å². The lowest BCUT2D eigenvalue weighted by atomic mass is 10.1. The van der Waals surface area contributed by atoms with Gasteiger partial charge in [0.25, 0.3) is 5.91 Å². The second-order valence-electron chi connectivity index (χ2n) is 5.40. The summed E-state index contributed by atoms with van der Waals surface area (Å²) in [6.07, 6.45) is 2.12. The van der Waals surface area contributed by atoms with Crippen LogP contribution in [-0.4, -0.2) is 22.8 Å². The van der Waals surface area contributed by atoms with E-state index >= 15 is 0 Å². The Balaban J connectivity index is 1.92. The first-order valence-electron chi connectivity index (χ1n) is 7.91. The molecule has 1 heterocycles. The van der Waals surface area contributed by atoms with E-state index in [-0.39, 0.29) is 11.7 Å². The smallest absolute Gasteiger partial charge is 0.259 e. The monoisotopic (exact) mass is 339 g/mol. The molecule has 5 nitrogen and oxygen atoms in total. The number of nitrogens with one attached hydrogen (secondary N) is 1. The molecule has 0 saturated heterocycles. The van der Waals surface area contributed by atoms with Crippen LogP contribution in [0.4, 0.5) is 10.1 Å². The summed E-state index contributed by atoms with van der Waals surface area (Å²) in [7, 11) is 1.55. The molecule has 1 amide bonds. The van der Waals surface area contributed by atoms with Crippen LogP contribution in [0.3, 0.4) is 0 Å². The van der Waals surface area contributed by atoms with E-state index in [1.807, 2.05) is 19.1 Å². The van der Waals surface area contributed by atoms with E-state index < -0.39 is 0 Å². The van der Waals surface area contributed by atoms with Gasteiger partial charge in [0.2, 0.25) is 0 Å². The van der Waals surface area contributed by atoms with Gasteiger partial charge in [0.1, 0.15) is 11.6 Å². The second-order valence-corrected chi connectivity index (χ2v) is 5.40. The molecule has 1 aromatic heterocycles. The van der Waals surface area contributed by atoms with Gasteiger partial charge in [0.15, 0.2) is 0 Å². The van der Waals surface area contributed by atoms with Gasteiger partial charge in [-0.1, -0.05) is 19.1 Å². The minimum atomic E-state index is -0.317. The van der Waals surface area contributed by atoms with Crippen LogP contribution in [-0.2, 0) is 6.42 Å². The highest BCUT2D eigenvalue weighted by Gasteiger charge is 2.18. The van der Waals surface area contributed by atoms with Crippen LogP contribution in [0.1, 0.15) is 23.0 Å². The molecule has 0 spiro atoms. The maximum absolute atomic E-state index is 13.1. The van der Waals surface area contributed by atoms with Crippen molar-refractivity contribution in [3.8, 4) is 11.4 Å². The van der Waals surface area contributed by atoms with E-state index in [4.69, 9.17) is 4.74 Å². The molecule has 128 valence electrons. The largest absolute Gasteiger partial charge is 0.495 e. The highest BCUT2D eigenvalue weighted by molar-refractivity contribution is 6.05. The Hall–Kier alpha value is -3.15. The molecule has 0 saturated carbocycles. The zero-order chi connectivity index (χ0) is 17.8. The molecule has 0 aliphatic heterocycles. The molecule has 0 atom stereocenters. The molecule has 0 radical (unpaired) electrons. The van der Waals surface area contributed by atoms with E-state index in [1.165, 1.54) is 18.3 Å². The summed E-state index contributed by atoms with van der Waals surface area (Å²) in [5.41, 5.74) is 2.51. The number of halogens is 1. The van der Waals surface area contributed by atoms with Gasteiger partial charge in [0, 0.05) is 0 Å². The van der Waals surface area contributed by atoms with Crippen LogP contribution in [0, 0.1) is 5.82 Å². The predicted octanol–water partition coefficient (Wildman–Crippen LogP) is 3.83. The summed E-state index contributed by atoms with van der Waals surface area (Å²) in [5, 5.41) is 7.14. The van der Waals surface area contributed by atoms with Crippen molar-refractivity contribution in [1.29, 1.82) is 0 Å². The minimum Gasteiger partial charge on any atom is -0.495 e. The van der Waals surface area contributed by atoms with Crippen molar-refractivity contribution >= 4 is 11.6 Å². The number of hydrogen-bond acceptors (Lipinski definition) is 3. The van der Waals surface area contributed by atoms with Crippen LogP contribution in [0.2, 0.25) is 0 Å². The number of rotatable bonds is 5. The van der Waals surface area contributed by atoms with Crippen LogP contribution >= 0.6 is 0 Å². The molecular weight excluding hydrogens is 321 g/mol. The fourth-order valence-electron chi connectivity index (χ4n) is 2.65. The van der Waals surface area contributed by atoms with Gasteiger partial charge in [0.05, 0.1) is 35.9 Å². The summed E-state index contributed by atoms with van der Waals surface area (Å²) >= 11 is 0. The molecule has 3 rings (SSSR count). The van der Waals surface area contributed by atoms with Crippen LogP contribution in [0.15, 0.2) is 54.7 Å². The lowest BCUT2D eigenvalue weighted by Crippen LogP contribution is -2.15. The van der Waals surface area contributed by atoms with E-state index in [2.05, 4.69) is 10.4 Å². The number of ether oxygens (including phenoxy) is 1. The van der Waals surface area contributed by atoms with Crippen LogP contribution in [0.5, 0.6) is 5.75 Å². The molecule has 0 bridgehead atoms. The molecule has 0 unspecified atom stereocenters. The van der Waals surface area contributed by atoms with Crippen molar-refractivity contribution in [2.75, 3.05) is 12.4 Å². The Kier molecular flexibility index (Phi) is 4.79. The molecule has 6 heteroatoms. The Morgan fingerprint density at radius 2 is 1.92 bits per heavy atom. The second kappa shape index (κ2) is 7.17. The summed E-state index contributed by atoms with van der Waals surface area (Å²) < 4.78 is 20.0. The average Bonchev–Trinajstić information content (AvgIpc) is 3.07. The van der Waals surface area contributed by atoms with Crippen LogP contribution < -0.4 is 10.1 Å². The van der Waals surface area contributed by atoms with Gasteiger partial charge in [-0.15, -0.1) is 0 Å². The van der Waals surface area contributed by atoms with Crippen molar-refractivity contribution in [3.63, 3.8) is 0 Å². The number of hydrogen-bond donors (Lipinski definition) is 1. The third-order valence-electron chi connectivity index (χ3n) is 3.87. The SMILES string of the molecule is CCc1c(C(=O)Nc2ccccc2OC)cnn1-c1ccc(F)cc1. The first kappa shape index (κ1) is 16.7. The third-order valence-corrected chi connectivity index (χ3v) is 3.87. The van der Waals surface area contributed by atoms with Crippen molar-refractivity contribution in [1.82, 2.24) is 9.78 Å². The fourth-order valence-corrected chi connectivity index (χ4v) is 2.65. The molecule has 0 aliphatic carbocycles.